The van der Waals surface area contributed by atoms with E-state index in [1.165, 1.54) is 20.2 Å². The zero-order valence-electron chi connectivity index (χ0n) is 13.5. The molecular formula is C19H18ClN2OS2+. The predicted octanol–water partition coefficient (Wildman–Crippen LogP) is 3.63. The number of quaternary nitrogens is 1. The SMILES string of the molecule is O=C(C[NH+]1CCc2sccc2[C@H]1c1cccs1)Nc1ccccc1Cl. The largest absolute Gasteiger partial charge is 0.320 e. The number of carbonyl (C=O) groups excluding carboxylic acids is 1. The number of para-hydroxylation sites is 1. The van der Waals surface area contributed by atoms with E-state index in [2.05, 4.69) is 34.3 Å². The average molecular weight is 390 g/mol. The molecule has 0 saturated heterocycles. The zero-order valence-corrected chi connectivity index (χ0v) is 15.9. The van der Waals surface area contributed by atoms with Crippen molar-refractivity contribution in [2.24, 2.45) is 0 Å². The summed E-state index contributed by atoms with van der Waals surface area (Å²) in [6, 6.07) is 14.1. The van der Waals surface area contributed by atoms with Gasteiger partial charge < -0.3 is 10.2 Å². The number of hydrogen-bond donors (Lipinski definition) is 2. The van der Waals surface area contributed by atoms with Gasteiger partial charge >= 0.3 is 0 Å². The van der Waals surface area contributed by atoms with Gasteiger partial charge in [0.05, 0.1) is 22.1 Å². The van der Waals surface area contributed by atoms with Gasteiger partial charge in [-0.25, -0.2) is 0 Å². The number of nitrogens with one attached hydrogen (secondary N) is 2. The second-order valence-corrected chi connectivity index (χ2v) is 8.50. The molecule has 2 atom stereocenters. The smallest absolute Gasteiger partial charge is 0.279 e. The first-order valence-corrected chi connectivity index (χ1v) is 10.3. The minimum absolute atomic E-state index is 0.00309. The first-order valence-electron chi connectivity index (χ1n) is 8.21. The van der Waals surface area contributed by atoms with Crippen molar-refractivity contribution in [3.63, 3.8) is 0 Å². The van der Waals surface area contributed by atoms with E-state index in [4.69, 9.17) is 11.6 Å². The summed E-state index contributed by atoms with van der Waals surface area (Å²) in [5, 5.41) is 7.80. The van der Waals surface area contributed by atoms with E-state index in [0.717, 1.165) is 13.0 Å². The molecule has 4 rings (SSSR count). The maximum absolute atomic E-state index is 12.6. The molecule has 0 saturated carbocycles. The highest BCUT2D eigenvalue weighted by molar-refractivity contribution is 7.10. The quantitative estimate of drug-likeness (QED) is 0.701. The fourth-order valence-corrected chi connectivity index (χ4v) is 5.42. The van der Waals surface area contributed by atoms with Crippen molar-refractivity contribution in [2.45, 2.75) is 12.5 Å². The molecule has 1 aromatic carbocycles. The molecule has 2 aromatic heterocycles. The van der Waals surface area contributed by atoms with E-state index in [9.17, 15) is 4.79 Å². The molecule has 1 aliphatic rings. The Morgan fingerprint density at radius 1 is 1.16 bits per heavy atom. The molecule has 3 heterocycles. The molecule has 0 radical (unpaired) electrons. The van der Waals surface area contributed by atoms with Gasteiger partial charge in [0.1, 0.15) is 6.04 Å². The summed E-state index contributed by atoms with van der Waals surface area (Å²) in [5.74, 6) is 0.00309. The Hall–Kier alpha value is -1.66. The summed E-state index contributed by atoms with van der Waals surface area (Å²) in [6.45, 7) is 1.40. The average Bonchev–Trinajstić information content (AvgIpc) is 3.28. The van der Waals surface area contributed by atoms with Gasteiger partial charge in [0.25, 0.3) is 5.91 Å². The van der Waals surface area contributed by atoms with Crippen LogP contribution in [0.3, 0.4) is 0 Å². The lowest BCUT2D eigenvalue weighted by atomic mass is 9.98. The summed E-state index contributed by atoms with van der Waals surface area (Å²) in [7, 11) is 0. The molecule has 1 aliphatic heterocycles. The number of thiophene rings is 2. The van der Waals surface area contributed by atoms with E-state index in [1.807, 2.05) is 29.5 Å². The molecule has 0 fully saturated rings. The molecule has 128 valence electrons. The minimum Gasteiger partial charge on any atom is -0.320 e. The van der Waals surface area contributed by atoms with Crippen molar-refractivity contribution < 1.29 is 9.69 Å². The van der Waals surface area contributed by atoms with Crippen LogP contribution in [0.2, 0.25) is 5.02 Å². The Morgan fingerprint density at radius 3 is 2.84 bits per heavy atom. The Bertz CT molecular complexity index is 875. The molecule has 3 nitrogen and oxygen atoms in total. The second kappa shape index (κ2) is 7.30. The molecule has 3 aromatic rings. The van der Waals surface area contributed by atoms with Crippen LogP contribution in [0.15, 0.2) is 53.2 Å². The lowest BCUT2D eigenvalue weighted by molar-refractivity contribution is -0.919. The summed E-state index contributed by atoms with van der Waals surface area (Å²) in [6.07, 6.45) is 1.03. The van der Waals surface area contributed by atoms with Crippen LogP contribution < -0.4 is 10.2 Å². The van der Waals surface area contributed by atoms with E-state index in [0.29, 0.717) is 17.3 Å². The van der Waals surface area contributed by atoms with Crippen molar-refractivity contribution in [1.29, 1.82) is 0 Å². The molecule has 0 aliphatic carbocycles. The highest BCUT2D eigenvalue weighted by Crippen LogP contribution is 2.31. The first-order chi connectivity index (χ1) is 12.2. The Kier molecular flexibility index (Phi) is 4.90. The standard InChI is InChI=1S/C19H17ClN2OS2/c20-14-4-1-2-5-15(14)21-18(23)12-22-9-7-16-13(8-11-25-16)19(22)17-6-3-10-24-17/h1-6,8,10-11,19H,7,9,12H2,(H,21,23)/p+1/t19-/m0/s1. The van der Waals surface area contributed by atoms with Gasteiger partial charge in [0.2, 0.25) is 0 Å². The lowest BCUT2D eigenvalue weighted by Gasteiger charge is -2.31. The fraction of sp³-hybridized carbons (Fsp3) is 0.211. The molecule has 0 bridgehead atoms. The normalized spacial score (nSPS) is 19.4. The number of amides is 1. The number of halogens is 1. The molecule has 2 N–H and O–H groups in total. The third-order valence-electron chi connectivity index (χ3n) is 4.54. The number of fused-ring (bicyclic) bond motifs is 1. The van der Waals surface area contributed by atoms with Crippen LogP contribution in [-0.4, -0.2) is 19.0 Å². The van der Waals surface area contributed by atoms with Gasteiger partial charge in [0, 0.05) is 16.9 Å². The third kappa shape index (κ3) is 3.51. The zero-order chi connectivity index (χ0) is 17.2. The molecule has 1 amide bonds. The molecule has 25 heavy (non-hydrogen) atoms. The van der Waals surface area contributed by atoms with E-state index >= 15 is 0 Å². The van der Waals surface area contributed by atoms with Gasteiger partial charge in [-0.3, -0.25) is 4.79 Å². The maximum Gasteiger partial charge on any atom is 0.279 e. The van der Waals surface area contributed by atoms with Crippen molar-refractivity contribution >= 4 is 45.9 Å². The lowest BCUT2D eigenvalue weighted by Crippen LogP contribution is -3.14. The second-order valence-electron chi connectivity index (χ2n) is 6.11. The van der Waals surface area contributed by atoms with Crippen LogP contribution in [0.25, 0.3) is 0 Å². The number of anilines is 1. The summed E-state index contributed by atoms with van der Waals surface area (Å²) in [5.41, 5.74) is 2.05. The minimum atomic E-state index is 0.00309. The molecule has 0 spiro atoms. The van der Waals surface area contributed by atoms with Crippen LogP contribution >= 0.6 is 34.3 Å². The summed E-state index contributed by atoms with van der Waals surface area (Å²) in [4.78, 5) is 16.7. The van der Waals surface area contributed by atoms with Crippen LogP contribution in [0, 0.1) is 0 Å². The van der Waals surface area contributed by atoms with E-state index < -0.39 is 0 Å². The summed E-state index contributed by atoms with van der Waals surface area (Å²) < 4.78 is 0. The monoisotopic (exact) mass is 389 g/mol. The highest BCUT2D eigenvalue weighted by Gasteiger charge is 2.35. The fourth-order valence-electron chi connectivity index (χ4n) is 3.41. The topological polar surface area (TPSA) is 33.5 Å². The van der Waals surface area contributed by atoms with Gasteiger partial charge in [0.15, 0.2) is 6.54 Å². The van der Waals surface area contributed by atoms with Crippen LogP contribution in [0.5, 0.6) is 0 Å². The number of benzene rings is 1. The molecular weight excluding hydrogens is 372 g/mol. The van der Waals surface area contributed by atoms with Crippen LogP contribution in [-0.2, 0) is 11.2 Å². The molecule has 1 unspecified atom stereocenters. The van der Waals surface area contributed by atoms with Gasteiger partial charge in [-0.1, -0.05) is 29.8 Å². The molecule has 6 heteroatoms. The third-order valence-corrected chi connectivity index (χ3v) is 6.80. The van der Waals surface area contributed by atoms with E-state index in [1.54, 1.807) is 17.4 Å². The Balaban J connectivity index is 1.55. The van der Waals surface area contributed by atoms with Crippen molar-refractivity contribution in [1.82, 2.24) is 0 Å². The van der Waals surface area contributed by atoms with Crippen molar-refractivity contribution in [3.8, 4) is 0 Å². The number of rotatable bonds is 4. The van der Waals surface area contributed by atoms with E-state index in [-0.39, 0.29) is 11.9 Å². The van der Waals surface area contributed by atoms with Crippen LogP contribution in [0.4, 0.5) is 5.69 Å². The number of hydrogen-bond acceptors (Lipinski definition) is 3. The first kappa shape index (κ1) is 16.8. The highest BCUT2D eigenvalue weighted by atomic mass is 35.5. The van der Waals surface area contributed by atoms with Gasteiger partial charge in [-0.05, 0) is 35.0 Å². The van der Waals surface area contributed by atoms with Crippen molar-refractivity contribution in [2.75, 3.05) is 18.4 Å². The Labute approximate surface area is 159 Å². The maximum atomic E-state index is 12.6. The number of carbonyl (C=O) groups is 1. The Morgan fingerprint density at radius 2 is 2.04 bits per heavy atom. The predicted molar refractivity (Wildman–Crippen MR) is 105 cm³/mol. The van der Waals surface area contributed by atoms with Gasteiger partial charge in [-0.2, -0.15) is 0 Å². The van der Waals surface area contributed by atoms with Gasteiger partial charge in [-0.15, -0.1) is 22.7 Å². The van der Waals surface area contributed by atoms with Crippen LogP contribution in [0.1, 0.15) is 21.4 Å². The summed E-state index contributed by atoms with van der Waals surface area (Å²) >= 11 is 9.74. The van der Waals surface area contributed by atoms with Crippen molar-refractivity contribution in [3.05, 3.63) is 73.6 Å².